The molecule has 58 valence electrons. The molecule has 3 saturated carbocycles. The first-order valence-corrected chi connectivity index (χ1v) is 3.56. The van der Waals surface area contributed by atoms with Crippen LogP contribution in [0.2, 0.25) is 5.31 Å². The molecule has 0 aromatic carbocycles. The maximum Gasteiger partial charge on any atom is 0.484 e. The van der Waals surface area contributed by atoms with Gasteiger partial charge in [0.15, 0.2) is 0 Å². The van der Waals surface area contributed by atoms with Crippen LogP contribution in [0, 0.1) is 5.41 Å². The summed E-state index contributed by atoms with van der Waals surface area (Å²) in [5, 5.41) is -1.17. The molecule has 0 aliphatic heterocycles. The predicted molar refractivity (Wildman–Crippen MR) is 33.7 cm³/mol. The maximum atomic E-state index is 12.2. The molecular formula is C6H9BF3-. The largest absolute Gasteiger partial charge is 0.484 e. The summed E-state index contributed by atoms with van der Waals surface area (Å²) in [6, 6.07) is 0. The lowest BCUT2D eigenvalue weighted by atomic mass is 9.25. The molecule has 0 saturated heterocycles. The molecule has 3 rings (SSSR count). The van der Waals surface area contributed by atoms with Gasteiger partial charge in [-0.15, -0.1) is 0 Å². The molecule has 4 heteroatoms. The van der Waals surface area contributed by atoms with Gasteiger partial charge in [0.05, 0.1) is 0 Å². The van der Waals surface area contributed by atoms with E-state index < -0.39 is 12.3 Å². The van der Waals surface area contributed by atoms with E-state index in [-0.39, 0.29) is 5.41 Å². The van der Waals surface area contributed by atoms with E-state index in [1.807, 2.05) is 6.92 Å². The minimum absolute atomic E-state index is 0.0806. The lowest BCUT2D eigenvalue weighted by molar-refractivity contribution is -0.0962. The highest BCUT2D eigenvalue weighted by molar-refractivity contribution is 6.63. The third-order valence-corrected chi connectivity index (χ3v) is 3.03. The normalized spacial score (nSPS) is 51.6. The molecule has 0 aromatic rings. The summed E-state index contributed by atoms with van der Waals surface area (Å²) in [5.41, 5.74) is 0.0806. The van der Waals surface area contributed by atoms with Crippen molar-refractivity contribution in [2.45, 2.75) is 31.5 Å². The molecule has 0 spiro atoms. The van der Waals surface area contributed by atoms with Crippen molar-refractivity contribution in [3.63, 3.8) is 0 Å². The Morgan fingerprint density at radius 3 is 1.60 bits per heavy atom. The molecule has 0 aromatic heterocycles. The van der Waals surface area contributed by atoms with Crippen LogP contribution in [0.25, 0.3) is 0 Å². The Hall–Kier alpha value is -0.145. The van der Waals surface area contributed by atoms with Gasteiger partial charge >= 0.3 is 6.98 Å². The molecule has 0 radical (unpaired) electrons. The number of hydrogen-bond donors (Lipinski definition) is 0. The SMILES string of the molecule is CC12CC([B-](F)(F)F)(C1)C2. The average Bonchev–Trinajstić information content (AvgIpc) is 1.51. The lowest BCUT2D eigenvalue weighted by Crippen LogP contribution is -2.63. The lowest BCUT2D eigenvalue weighted by Gasteiger charge is -2.74. The number of halogens is 3. The standard InChI is InChI=1S/C6H9BF3/c1-5-2-6(3-5,4-5)7(8,9)10/h2-4H2,1H3/q-1. The van der Waals surface area contributed by atoms with E-state index in [4.69, 9.17) is 0 Å². The molecule has 0 N–H and O–H groups in total. The van der Waals surface area contributed by atoms with Crippen molar-refractivity contribution in [1.29, 1.82) is 0 Å². The van der Waals surface area contributed by atoms with Crippen molar-refractivity contribution in [1.82, 2.24) is 0 Å². The highest BCUT2D eigenvalue weighted by Gasteiger charge is 2.71. The molecule has 10 heavy (non-hydrogen) atoms. The fourth-order valence-electron chi connectivity index (χ4n) is 2.74. The Labute approximate surface area is 57.9 Å². The van der Waals surface area contributed by atoms with Crippen LogP contribution in [0.15, 0.2) is 0 Å². The first-order chi connectivity index (χ1) is 4.37. The Bertz CT molecular complexity index is 164. The minimum atomic E-state index is -4.53. The Morgan fingerprint density at radius 2 is 1.50 bits per heavy atom. The number of rotatable bonds is 1. The van der Waals surface area contributed by atoms with Gasteiger partial charge in [0.2, 0.25) is 0 Å². The molecule has 3 aliphatic carbocycles. The van der Waals surface area contributed by atoms with E-state index in [0.29, 0.717) is 19.3 Å². The highest BCUT2D eigenvalue weighted by atomic mass is 19.4. The van der Waals surface area contributed by atoms with Crippen LogP contribution in [-0.4, -0.2) is 6.98 Å². The second-order valence-corrected chi connectivity index (χ2v) is 4.28. The van der Waals surface area contributed by atoms with E-state index in [2.05, 4.69) is 0 Å². The second-order valence-electron chi connectivity index (χ2n) is 4.28. The topological polar surface area (TPSA) is 0 Å². The summed E-state index contributed by atoms with van der Waals surface area (Å²) >= 11 is 0. The molecule has 0 nitrogen and oxygen atoms in total. The monoisotopic (exact) mass is 149 g/mol. The Kier molecular flexibility index (Phi) is 0.824. The molecule has 3 fully saturated rings. The van der Waals surface area contributed by atoms with E-state index in [1.54, 1.807) is 0 Å². The summed E-state index contributed by atoms with van der Waals surface area (Å²) in [6.07, 6.45) is 1.22. The van der Waals surface area contributed by atoms with Gasteiger partial charge in [-0.25, -0.2) is 0 Å². The fraction of sp³-hybridized carbons (Fsp3) is 1.00. The first-order valence-electron chi connectivity index (χ1n) is 3.56. The van der Waals surface area contributed by atoms with Crippen molar-refractivity contribution >= 4 is 6.98 Å². The molecule has 0 unspecified atom stereocenters. The summed E-state index contributed by atoms with van der Waals surface area (Å²) in [7, 11) is 0. The molecule has 0 atom stereocenters. The number of hydrogen-bond acceptors (Lipinski definition) is 0. The molecule has 0 amide bonds. The van der Waals surface area contributed by atoms with Crippen LogP contribution >= 0.6 is 0 Å². The van der Waals surface area contributed by atoms with Crippen LogP contribution in [0.3, 0.4) is 0 Å². The van der Waals surface area contributed by atoms with Crippen LogP contribution < -0.4 is 0 Å². The molecular weight excluding hydrogens is 140 g/mol. The Morgan fingerprint density at radius 1 is 1.10 bits per heavy atom. The van der Waals surface area contributed by atoms with Crippen molar-refractivity contribution in [3.05, 3.63) is 0 Å². The van der Waals surface area contributed by atoms with Crippen LogP contribution in [-0.2, 0) is 0 Å². The first kappa shape index (κ1) is 6.56. The zero-order valence-corrected chi connectivity index (χ0v) is 5.83. The summed E-state index contributed by atoms with van der Waals surface area (Å²) in [6.45, 7) is -2.59. The van der Waals surface area contributed by atoms with Crippen LogP contribution in [0.1, 0.15) is 26.2 Å². The zero-order valence-electron chi connectivity index (χ0n) is 5.83. The van der Waals surface area contributed by atoms with Crippen molar-refractivity contribution < 1.29 is 12.9 Å². The van der Waals surface area contributed by atoms with Gasteiger partial charge in [-0.1, -0.05) is 31.5 Å². The van der Waals surface area contributed by atoms with E-state index in [1.165, 1.54) is 0 Å². The second kappa shape index (κ2) is 1.26. The Balaban J connectivity index is 2.11. The van der Waals surface area contributed by atoms with Crippen molar-refractivity contribution in [2.75, 3.05) is 0 Å². The minimum Gasteiger partial charge on any atom is -0.449 e. The van der Waals surface area contributed by atoms with Gasteiger partial charge in [0.1, 0.15) is 0 Å². The zero-order chi connectivity index (χ0) is 7.62. The van der Waals surface area contributed by atoms with Gasteiger partial charge in [0.25, 0.3) is 0 Å². The van der Waals surface area contributed by atoms with Gasteiger partial charge < -0.3 is 12.9 Å². The quantitative estimate of drug-likeness (QED) is 0.502. The maximum absolute atomic E-state index is 12.2. The van der Waals surface area contributed by atoms with Gasteiger partial charge in [-0.3, -0.25) is 0 Å². The summed E-state index contributed by atoms with van der Waals surface area (Å²) in [4.78, 5) is 0. The van der Waals surface area contributed by atoms with E-state index in [0.717, 1.165) is 0 Å². The van der Waals surface area contributed by atoms with E-state index in [9.17, 15) is 12.9 Å². The van der Waals surface area contributed by atoms with Crippen molar-refractivity contribution in [3.8, 4) is 0 Å². The predicted octanol–water partition coefficient (Wildman–Crippen LogP) is 2.78. The summed E-state index contributed by atoms with van der Waals surface area (Å²) < 4.78 is 36.5. The highest BCUT2D eigenvalue weighted by Crippen LogP contribution is 2.82. The van der Waals surface area contributed by atoms with Gasteiger partial charge in [-0.05, 0) is 5.41 Å². The van der Waals surface area contributed by atoms with E-state index >= 15 is 0 Å². The van der Waals surface area contributed by atoms with Crippen LogP contribution in [0.4, 0.5) is 12.9 Å². The van der Waals surface area contributed by atoms with Gasteiger partial charge in [-0.2, -0.15) is 0 Å². The molecule has 2 bridgehead atoms. The average molecular weight is 149 g/mol. The third kappa shape index (κ3) is 0.512. The van der Waals surface area contributed by atoms with Gasteiger partial charge in [0, 0.05) is 0 Å². The third-order valence-electron chi connectivity index (χ3n) is 3.03. The molecule has 0 heterocycles. The van der Waals surface area contributed by atoms with Crippen molar-refractivity contribution in [2.24, 2.45) is 5.41 Å². The smallest absolute Gasteiger partial charge is 0.449 e. The summed E-state index contributed by atoms with van der Waals surface area (Å²) in [5.74, 6) is 0. The molecule has 3 aliphatic rings. The van der Waals surface area contributed by atoms with Crippen LogP contribution in [0.5, 0.6) is 0 Å². The fourth-order valence-corrected chi connectivity index (χ4v) is 2.74.